The largest absolute Gasteiger partial charge is 0.354 e. The van der Waals surface area contributed by atoms with E-state index < -0.39 is 0 Å². The zero-order chi connectivity index (χ0) is 18.8. The van der Waals surface area contributed by atoms with Crippen molar-refractivity contribution in [1.82, 2.24) is 4.98 Å². The molecule has 0 atom stereocenters. The highest BCUT2D eigenvalue weighted by Gasteiger charge is 2.11. The summed E-state index contributed by atoms with van der Waals surface area (Å²) in [6, 6.07) is 22.6. The number of H-pyrrole nitrogens is 1. The van der Waals surface area contributed by atoms with Gasteiger partial charge in [0.15, 0.2) is 5.78 Å². The number of aromatic amines is 1. The second kappa shape index (κ2) is 7.43. The number of benzene rings is 3. The smallest absolute Gasteiger partial charge is 0.185 e. The highest BCUT2D eigenvalue weighted by atomic mass is 35.5. The van der Waals surface area contributed by atoms with Crippen LogP contribution in [0.15, 0.2) is 78.9 Å². The van der Waals surface area contributed by atoms with E-state index >= 15 is 0 Å². The van der Waals surface area contributed by atoms with Gasteiger partial charge in [0.25, 0.3) is 0 Å². The van der Waals surface area contributed by atoms with Crippen molar-refractivity contribution in [2.75, 3.05) is 0 Å². The van der Waals surface area contributed by atoms with E-state index in [0.717, 1.165) is 27.7 Å². The Morgan fingerprint density at radius 2 is 1.44 bits per heavy atom. The van der Waals surface area contributed by atoms with Crippen LogP contribution in [-0.2, 0) is 0 Å². The zero-order valence-corrected chi connectivity index (χ0v) is 15.8. The van der Waals surface area contributed by atoms with Crippen LogP contribution in [0.5, 0.6) is 0 Å². The van der Waals surface area contributed by atoms with Crippen molar-refractivity contribution in [3.8, 4) is 11.3 Å². The normalized spacial score (nSPS) is 11.3. The van der Waals surface area contributed by atoms with Gasteiger partial charge in [0.05, 0.1) is 5.69 Å². The maximum absolute atomic E-state index is 12.5. The standard InChI is InChI=1S/C23H15Cl2NO/c24-17-9-5-15(6-10-17)22(27)14-13-20-19-3-1-2-4-21(19)26-23(20)16-7-11-18(25)12-8-16/h1-14,26H/b14-13+. The monoisotopic (exact) mass is 391 g/mol. The van der Waals surface area contributed by atoms with E-state index in [0.29, 0.717) is 15.6 Å². The van der Waals surface area contributed by atoms with Gasteiger partial charge in [-0.3, -0.25) is 4.79 Å². The number of carbonyl (C=O) groups excluding carboxylic acids is 1. The molecule has 4 heteroatoms. The highest BCUT2D eigenvalue weighted by Crippen LogP contribution is 2.32. The van der Waals surface area contributed by atoms with Gasteiger partial charge >= 0.3 is 0 Å². The number of para-hydroxylation sites is 1. The lowest BCUT2D eigenvalue weighted by Crippen LogP contribution is -1.93. The summed E-state index contributed by atoms with van der Waals surface area (Å²) >= 11 is 11.9. The molecule has 0 spiro atoms. The van der Waals surface area contributed by atoms with E-state index in [4.69, 9.17) is 23.2 Å². The SMILES string of the molecule is O=C(/C=C/c1c(-c2ccc(Cl)cc2)[nH]c2ccccc12)c1ccc(Cl)cc1. The van der Waals surface area contributed by atoms with Gasteiger partial charge in [0.1, 0.15) is 0 Å². The van der Waals surface area contributed by atoms with Crippen LogP contribution in [0, 0.1) is 0 Å². The first-order valence-corrected chi connectivity index (χ1v) is 9.22. The van der Waals surface area contributed by atoms with Crippen molar-refractivity contribution in [2.24, 2.45) is 0 Å². The van der Waals surface area contributed by atoms with Crippen molar-refractivity contribution in [3.63, 3.8) is 0 Å². The second-order valence-electron chi connectivity index (χ2n) is 6.17. The van der Waals surface area contributed by atoms with E-state index in [1.807, 2.05) is 54.6 Å². The minimum Gasteiger partial charge on any atom is -0.354 e. The zero-order valence-electron chi connectivity index (χ0n) is 14.2. The fourth-order valence-corrected chi connectivity index (χ4v) is 3.30. The van der Waals surface area contributed by atoms with E-state index in [2.05, 4.69) is 4.98 Å². The number of hydrogen-bond donors (Lipinski definition) is 1. The van der Waals surface area contributed by atoms with Crippen LogP contribution in [0.25, 0.3) is 28.2 Å². The number of ketones is 1. The summed E-state index contributed by atoms with van der Waals surface area (Å²) < 4.78 is 0. The average Bonchev–Trinajstić information content (AvgIpc) is 3.06. The van der Waals surface area contributed by atoms with Crippen molar-refractivity contribution in [3.05, 3.63) is 100 Å². The minimum atomic E-state index is -0.0704. The van der Waals surface area contributed by atoms with Crippen LogP contribution in [0.4, 0.5) is 0 Å². The molecule has 0 radical (unpaired) electrons. The molecule has 1 N–H and O–H groups in total. The van der Waals surface area contributed by atoms with Crippen LogP contribution in [0.1, 0.15) is 15.9 Å². The first-order chi connectivity index (χ1) is 13.1. The first kappa shape index (κ1) is 17.6. The van der Waals surface area contributed by atoms with Gasteiger partial charge in [-0.2, -0.15) is 0 Å². The molecule has 4 rings (SSSR count). The van der Waals surface area contributed by atoms with E-state index in [9.17, 15) is 4.79 Å². The van der Waals surface area contributed by atoms with Gasteiger partial charge in [0.2, 0.25) is 0 Å². The molecule has 0 unspecified atom stereocenters. The Hall–Kier alpha value is -2.81. The maximum atomic E-state index is 12.5. The lowest BCUT2D eigenvalue weighted by molar-refractivity contribution is 0.104. The molecule has 0 saturated heterocycles. The van der Waals surface area contributed by atoms with Crippen LogP contribution in [-0.4, -0.2) is 10.8 Å². The third-order valence-corrected chi connectivity index (χ3v) is 4.91. The lowest BCUT2D eigenvalue weighted by Gasteiger charge is -2.02. The number of rotatable bonds is 4. The fourth-order valence-electron chi connectivity index (χ4n) is 3.05. The van der Waals surface area contributed by atoms with Crippen molar-refractivity contribution < 1.29 is 4.79 Å². The van der Waals surface area contributed by atoms with Gasteiger partial charge in [-0.05, 0) is 60.2 Å². The molecule has 0 aliphatic heterocycles. The molecule has 0 bridgehead atoms. The maximum Gasteiger partial charge on any atom is 0.185 e. The quantitative estimate of drug-likeness (QED) is 0.293. The molecule has 0 aliphatic rings. The Kier molecular flexibility index (Phi) is 4.85. The molecule has 2 nitrogen and oxygen atoms in total. The van der Waals surface area contributed by atoms with Crippen molar-refractivity contribution in [2.45, 2.75) is 0 Å². The van der Waals surface area contributed by atoms with Gasteiger partial charge in [-0.25, -0.2) is 0 Å². The molecular weight excluding hydrogens is 377 g/mol. The predicted molar refractivity (Wildman–Crippen MR) is 114 cm³/mol. The van der Waals surface area contributed by atoms with Crippen molar-refractivity contribution in [1.29, 1.82) is 0 Å². The Morgan fingerprint density at radius 1 is 0.815 bits per heavy atom. The molecule has 0 aliphatic carbocycles. The molecule has 0 saturated carbocycles. The average molecular weight is 392 g/mol. The van der Waals surface area contributed by atoms with Crippen molar-refractivity contribution >= 4 is 46.0 Å². The Morgan fingerprint density at radius 3 is 2.15 bits per heavy atom. The lowest BCUT2D eigenvalue weighted by atomic mass is 10.0. The molecule has 1 aromatic heterocycles. The van der Waals surface area contributed by atoms with Gasteiger partial charge in [-0.15, -0.1) is 0 Å². The summed E-state index contributed by atoms with van der Waals surface area (Å²) in [6.07, 6.45) is 3.46. The van der Waals surface area contributed by atoms with Crippen LogP contribution in [0.2, 0.25) is 10.0 Å². The van der Waals surface area contributed by atoms with Crippen LogP contribution < -0.4 is 0 Å². The summed E-state index contributed by atoms with van der Waals surface area (Å²) in [5.74, 6) is -0.0704. The number of allylic oxidation sites excluding steroid dienone is 1. The summed E-state index contributed by atoms with van der Waals surface area (Å²) in [7, 11) is 0. The summed E-state index contributed by atoms with van der Waals surface area (Å²) in [6.45, 7) is 0. The number of halogens is 2. The molecule has 132 valence electrons. The molecule has 4 aromatic rings. The summed E-state index contributed by atoms with van der Waals surface area (Å²) in [5, 5.41) is 2.35. The van der Waals surface area contributed by atoms with E-state index in [1.165, 1.54) is 0 Å². The van der Waals surface area contributed by atoms with E-state index in [1.54, 1.807) is 30.3 Å². The number of nitrogens with one attached hydrogen (secondary N) is 1. The molecule has 1 heterocycles. The molecule has 0 amide bonds. The predicted octanol–water partition coefficient (Wildman–Crippen LogP) is 7.04. The Labute approximate surface area is 167 Å². The minimum absolute atomic E-state index is 0.0704. The number of carbonyl (C=O) groups is 1. The molecule has 3 aromatic carbocycles. The van der Waals surface area contributed by atoms with E-state index in [-0.39, 0.29) is 5.78 Å². The van der Waals surface area contributed by atoms with Gasteiger partial charge in [0, 0.05) is 32.1 Å². The number of hydrogen-bond acceptors (Lipinski definition) is 1. The highest BCUT2D eigenvalue weighted by molar-refractivity contribution is 6.31. The van der Waals surface area contributed by atoms with Crippen LogP contribution >= 0.6 is 23.2 Å². The first-order valence-electron chi connectivity index (χ1n) is 8.46. The number of fused-ring (bicyclic) bond motifs is 1. The summed E-state index contributed by atoms with van der Waals surface area (Å²) in [4.78, 5) is 16.0. The molecular formula is C23H15Cl2NO. The van der Waals surface area contributed by atoms with Gasteiger partial charge in [-0.1, -0.05) is 53.5 Å². The number of aromatic nitrogens is 1. The van der Waals surface area contributed by atoms with Gasteiger partial charge < -0.3 is 4.98 Å². The Balaban J connectivity index is 1.77. The third kappa shape index (κ3) is 3.68. The van der Waals surface area contributed by atoms with Crippen LogP contribution in [0.3, 0.4) is 0 Å². The Bertz CT molecular complexity index is 1140. The topological polar surface area (TPSA) is 32.9 Å². The second-order valence-corrected chi connectivity index (χ2v) is 7.04. The fraction of sp³-hybridized carbons (Fsp3) is 0. The summed E-state index contributed by atoms with van der Waals surface area (Å²) in [5.41, 5.74) is 4.54. The molecule has 0 fully saturated rings. The third-order valence-electron chi connectivity index (χ3n) is 4.41. The molecule has 27 heavy (non-hydrogen) atoms.